The second-order valence-corrected chi connectivity index (χ2v) is 7.25. The number of ether oxygens (including phenoxy) is 2. The molecule has 0 aliphatic carbocycles. The topological polar surface area (TPSA) is 93.1 Å². The molecule has 134 valence electrons. The summed E-state index contributed by atoms with van der Waals surface area (Å²) in [4.78, 5) is 37.2. The number of aromatic hydroxyl groups is 1. The lowest BCUT2D eigenvalue weighted by atomic mass is 10.1. The Kier molecular flexibility index (Phi) is 5.42. The fourth-order valence-corrected chi connectivity index (χ4v) is 2.93. The largest absolute Gasteiger partial charge is 0.504 e. The van der Waals surface area contributed by atoms with Crippen molar-refractivity contribution in [3.63, 3.8) is 0 Å². The molecule has 2 amide bonds. The second kappa shape index (κ2) is 7.18. The predicted molar refractivity (Wildman–Crippen MR) is 93.2 cm³/mol. The van der Waals surface area contributed by atoms with Gasteiger partial charge in [-0.25, -0.2) is 0 Å². The predicted octanol–water partition coefficient (Wildman–Crippen LogP) is 2.78. The number of para-hydroxylation sites is 1. The first-order chi connectivity index (χ1) is 11.6. The first kappa shape index (κ1) is 18.9. The van der Waals surface area contributed by atoms with Crippen LogP contribution in [-0.4, -0.2) is 46.4 Å². The fraction of sp³-hybridized carbons (Fsp3) is 0.353. The van der Waals surface area contributed by atoms with E-state index in [-0.39, 0.29) is 16.4 Å². The van der Waals surface area contributed by atoms with Crippen molar-refractivity contribution in [2.75, 3.05) is 13.7 Å². The number of thioether (sulfide) groups is 1. The molecule has 0 radical (unpaired) electrons. The zero-order valence-corrected chi connectivity index (χ0v) is 15.2. The number of phenolic OH excluding ortho intramolecular Hbond substituents is 1. The Balaban J connectivity index is 2.20. The molecule has 0 saturated carbocycles. The zero-order chi connectivity index (χ0) is 18.8. The van der Waals surface area contributed by atoms with Gasteiger partial charge in [-0.15, -0.1) is 0 Å². The van der Waals surface area contributed by atoms with Crippen molar-refractivity contribution in [2.45, 2.75) is 26.4 Å². The number of rotatable bonds is 4. The minimum Gasteiger partial charge on any atom is -0.504 e. The average Bonchev–Trinajstić information content (AvgIpc) is 2.75. The number of carbonyl (C=O) groups excluding carboxylic acids is 3. The van der Waals surface area contributed by atoms with Gasteiger partial charge in [0, 0.05) is 5.56 Å². The van der Waals surface area contributed by atoms with Gasteiger partial charge in [0.25, 0.3) is 11.1 Å². The van der Waals surface area contributed by atoms with Crippen LogP contribution in [0.25, 0.3) is 6.08 Å². The highest BCUT2D eigenvalue weighted by atomic mass is 32.2. The zero-order valence-electron chi connectivity index (χ0n) is 14.4. The molecule has 1 fully saturated rings. The van der Waals surface area contributed by atoms with E-state index < -0.39 is 29.3 Å². The Hall–Kier alpha value is -2.48. The minimum atomic E-state index is -0.707. The van der Waals surface area contributed by atoms with Crippen molar-refractivity contribution in [3.8, 4) is 11.5 Å². The summed E-state index contributed by atoms with van der Waals surface area (Å²) in [6, 6.07) is 4.80. The minimum absolute atomic E-state index is 0.108. The van der Waals surface area contributed by atoms with E-state index in [4.69, 9.17) is 9.47 Å². The van der Waals surface area contributed by atoms with Gasteiger partial charge >= 0.3 is 5.97 Å². The Bertz CT molecular complexity index is 750. The van der Waals surface area contributed by atoms with E-state index in [1.54, 1.807) is 39.0 Å². The first-order valence-corrected chi connectivity index (χ1v) is 8.27. The summed E-state index contributed by atoms with van der Waals surface area (Å²) < 4.78 is 10.1. The number of carbonyl (C=O) groups is 3. The van der Waals surface area contributed by atoms with Gasteiger partial charge in [-0.1, -0.05) is 12.1 Å². The number of hydrogen-bond acceptors (Lipinski definition) is 7. The molecular formula is C17H19NO6S. The summed E-state index contributed by atoms with van der Waals surface area (Å²) in [5.41, 5.74) is -0.372. The number of esters is 1. The van der Waals surface area contributed by atoms with Crippen LogP contribution in [-0.2, 0) is 14.3 Å². The molecule has 0 aromatic heterocycles. The van der Waals surface area contributed by atoms with Crippen molar-refractivity contribution in [1.82, 2.24) is 4.90 Å². The molecule has 2 rings (SSSR count). The summed E-state index contributed by atoms with van der Waals surface area (Å²) in [7, 11) is 1.41. The molecule has 0 spiro atoms. The third kappa shape index (κ3) is 4.54. The van der Waals surface area contributed by atoms with E-state index in [9.17, 15) is 19.5 Å². The number of amides is 2. The normalized spacial score (nSPS) is 16.5. The van der Waals surface area contributed by atoms with Crippen LogP contribution in [0.5, 0.6) is 11.5 Å². The maximum absolute atomic E-state index is 12.4. The molecule has 8 heteroatoms. The van der Waals surface area contributed by atoms with Gasteiger partial charge in [-0.2, -0.15) is 0 Å². The van der Waals surface area contributed by atoms with Gasteiger partial charge in [0.05, 0.1) is 12.0 Å². The highest BCUT2D eigenvalue weighted by Gasteiger charge is 2.37. The number of hydrogen-bond donors (Lipinski definition) is 1. The summed E-state index contributed by atoms with van der Waals surface area (Å²) in [5, 5.41) is 9.51. The summed E-state index contributed by atoms with van der Waals surface area (Å²) in [6.07, 6.45) is 1.39. The number of nitrogens with zero attached hydrogens (tertiary/aromatic N) is 1. The molecule has 0 bridgehead atoms. The average molecular weight is 365 g/mol. The molecular weight excluding hydrogens is 346 g/mol. The number of methoxy groups -OCH3 is 1. The molecule has 0 unspecified atom stereocenters. The van der Waals surface area contributed by atoms with E-state index in [2.05, 4.69) is 0 Å². The maximum atomic E-state index is 12.4. The number of imide groups is 1. The van der Waals surface area contributed by atoms with Gasteiger partial charge in [-0.3, -0.25) is 19.3 Å². The van der Waals surface area contributed by atoms with E-state index in [0.717, 1.165) is 4.90 Å². The van der Waals surface area contributed by atoms with Crippen LogP contribution in [0.3, 0.4) is 0 Å². The Morgan fingerprint density at radius 1 is 1.32 bits per heavy atom. The van der Waals surface area contributed by atoms with E-state index in [1.807, 2.05) is 0 Å². The molecule has 1 N–H and O–H groups in total. The molecule has 0 atom stereocenters. The molecule has 25 heavy (non-hydrogen) atoms. The second-order valence-electron chi connectivity index (χ2n) is 6.25. The highest BCUT2D eigenvalue weighted by Crippen LogP contribution is 2.36. The molecule has 1 aliphatic heterocycles. The standard InChI is InChI=1S/C17H19NO6S/c1-17(2,3)24-13(19)9-18-15(21)12(25-16(18)22)8-10-6-5-7-11(23-4)14(10)20/h5-8,20H,9H2,1-4H3/b12-8+. The molecule has 1 aromatic carbocycles. The van der Waals surface area contributed by atoms with Crippen LogP contribution in [0.15, 0.2) is 23.1 Å². The van der Waals surface area contributed by atoms with E-state index >= 15 is 0 Å². The molecule has 1 heterocycles. The van der Waals surface area contributed by atoms with Gasteiger partial charge in [-0.05, 0) is 44.7 Å². The van der Waals surface area contributed by atoms with Crippen molar-refractivity contribution in [2.24, 2.45) is 0 Å². The van der Waals surface area contributed by atoms with Crippen molar-refractivity contribution >= 4 is 35.0 Å². The van der Waals surface area contributed by atoms with Crippen LogP contribution >= 0.6 is 11.8 Å². The third-order valence-corrected chi connectivity index (χ3v) is 4.02. The molecule has 1 aromatic rings. The van der Waals surface area contributed by atoms with Gasteiger partial charge in [0.2, 0.25) is 0 Å². The maximum Gasteiger partial charge on any atom is 0.326 e. The quantitative estimate of drug-likeness (QED) is 0.648. The Morgan fingerprint density at radius 3 is 2.60 bits per heavy atom. The lowest BCUT2D eigenvalue weighted by Gasteiger charge is -2.21. The van der Waals surface area contributed by atoms with Crippen molar-refractivity contribution in [1.29, 1.82) is 0 Å². The fourth-order valence-electron chi connectivity index (χ4n) is 2.10. The lowest BCUT2D eigenvalue weighted by molar-refractivity contribution is -0.156. The highest BCUT2D eigenvalue weighted by molar-refractivity contribution is 8.18. The van der Waals surface area contributed by atoms with Gasteiger partial charge in [0.1, 0.15) is 12.1 Å². The van der Waals surface area contributed by atoms with Crippen LogP contribution in [0, 0.1) is 0 Å². The monoisotopic (exact) mass is 365 g/mol. The number of phenols is 1. The molecule has 7 nitrogen and oxygen atoms in total. The SMILES string of the molecule is COc1cccc(/C=C2/SC(=O)N(CC(=O)OC(C)(C)C)C2=O)c1O. The third-order valence-electron chi connectivity index (χ3n) is 3.12. The summed E-state index contributed by atoms with van der Waals surface area (Å²) >= 11 is 0.698. The van der Waals surface area contributed by atoms with Crippen LogP contribution in [0.1, 0.15) is 26.3 Å². The van der Waals surface area contributed by atoms with Crippen molar-refractivity contribution < 1.29 is 29.0 Å². The number of benzene rings is 1. The van der Waals surface area contributed by atoms with E-state index in [0.29, 0.717) is 17.3 Å². The first-order valence-electron chi connectivity index (χ1n) is 7.45. The Morgan fingerprint density at radius 2 is 2.00 bits per heavy atom. The smallest absolute Gasteiger partial charge is 0.326 e. The van der Waals surface area contributed by atoms with Crippen molar-refractivity contribution in [3.05, 3.63) is 28.7 Å². The summed E-state index contributed by atoms with van der Waals surface area (Å²) in [5.74, 6) is -1.16. The Labute approximate surface area is 149 Å². The van der Waals surface area contributed by atoms with Crippen LogP contribution in [0.2, 0.25) is 0 Å². The van der Waals surface area contributed by atoms with Gasteiger partial charge < -0.3 is 14.6 Å². The van der Waals surface area contributed by atoms with Gasteiger partial charge in [0.15, 0.2) is 11.5 Å². The van der Waals surface area contributed by atoms with E-state index in [1.165, 1.54) is 13.2 Å². The van der Waals surface area contributed by atoms with Crippen LogP contribution in [0.4, 0.5) is 4.79 Å². The molecule has 1 saturated heterocycles. The summed E-state index contributed by atoms with van der Waals surface area (Å²) in [6.45, 7) is 4.64. The molecule has 1 aliphatic rings. The lowest BCUT2D eigenvalue weighted by Crippen LogP contribution is -2.37. The van der Waals surface area contributed by atoms with Crippen LogP contribution < -0.4 is 4.74 Å².